The summed E-state index contributed by atoms with van der Waals surface area (Å²) in [5, 5.41) is 9.88. The van der Waals surface area contributed by atoms with E-state index in [0.29, 0.717) is 18.1 Å². The second kappa shape index (κ2) is 8.18. The molecule has 1 N–H and O–H groups in total. The lowest BCUT2D eigenvalue weighted by Gasteiger charge is -2.12. The van der Waals surface area contributed by atoms with Gasteiger partial charge in [-0.2, -0.15) is 0 Å². The van der Waals surface area contributed by atoms with Crippen LogP contribution in [-0.2, 0) is 4.79 Å². The summed E-state index contributed by atoms with van der Waals surface area (Å²) in [7, 11) is 0. The average Bonchev–Trinajstić information content (AvgIpc) is 2.44. The fourth-order valence-electron chi connectivity index (χ4n) is 1.58. The number of ether oxygens (including phenoxy) is 1. The summed E-state index contributed by atoms with van der Waals surface area (Å²) in [5.74, 6) is 0.729. The summed E-state index contributed by atoms with van der Waals surface area (Å²) in [6.07, 6.45) is 1.65. The smallest absolute Gasteiger partial charge is 0.314 e. The van der Waals surface area contributed by atoms with Crippen LogP contribution in [0.2, 0.25) is 0 Å². The number of rotatable bonds is 7. The van der Waals surface area contributed by atoms with Gasteiger partial charge in [-0.25, -0.2) is 0 Å². The molecule has 0 bridgehead atoms. The lowest BCUT2D eigenvalue weighted by Crippen LogP contribution is -2.16. The summed E-state index contributed by atoms with van der Waals surface area (Å²) in [6.45, 7) is 3.79. The van der Waals surface area contributed by atoms with Crippen molar-refractivity contribution < 1.29 is 14.6 Å². The number of carbonyl (C=O) groups is 1. The first kappa shape index (κ1) is 16.0. The molecule has 0 saturated heterocycles. The van der Waals surface area contributed by atoms with Gasteiger partial charge in [0.1, 0.15) is 5.75 Å². The SMILES string of the molecule is CCC(C)C(=O)Oc1ccc(C(O)CCCCl)cc1. The Balaban J connectivity index is 2.58. The van der Waals surface area contributed by atoms with Gasteiger partial charge in [-0.3, -0.25) is 4.79 Å². The van der Waals surface area contributed by atoms with Gasteiger partial charge in [-0.15, -0.1) is 11.6 Å². The quantitative estimate of drug-likeness (QED) is 0.472. The maximum atomic E-state index is 11.6. The molecule has 0 aliphatic heterocycles. The summed E-state index contributed by atoms with van der Waals surface area (Å²) in [6, 6.07) is 6.97. The number of esters is 1. The fraction of sp³-hybridized carbons (Fsp3) is 0.533. The highest BCUT2D eigenvalue weighted by Gasteiger charge is 2.13. The first-order chi connectivity index (χ1) is 9.08. The summed E-state index contributed by atoms with van der Waals surface area (Å²) in [4.78, 5) is 11.6. The molecule has 0 aliphatic rings. The fourth-order valence-corrected chi connectivity index (χ4v) is 1.73. The first-order valence-corrected chi connectivity index (χ1v) is 7.17. The topological polar surface area (TPSA) is 46.5 Å². The maximum absolute atomic E-state index is 11.6. The molecule has 1 aromatic carbocycles. The highest BCUT2D eigenvalue weighted by Crippen LogP contribution is 2.22. The standard InChI is InChI=1S/C15H21ClO3/c1-3-11(2)15(18)19-13-8-6-12(7-9-13)14(17)5-4-10-16/h6-9,11,14,17H,3-5,10H2,1-2H3. The molecule has 1 rings (SSSR count). The van der Waals surface area contributed by atoms with Gasteiger partial charge in [0, 0.05) is 5.88 Å². The number of carbonyl (C=O) groups excluding carboxylic acids is 1. The Kier molecular flexibility index (Phi) is 6.89. The minimum Gasteiger partial charge on any atom is -0.426 e. The van der Waals surface area contributed by atoms with Gasteiger partial charge in [0.25, 0.3) is 0 Å². The van der Waals surface area contributed by atoms with Crippen molar-refractivity contribution in [3.8, 4) is 5.75 Å². The zero-order valence-electron chi connectivity index (χ0n) is 11.4. The normalized spacial score (nSPS) is 13.9. The average molecular weight is 285 g/mol. The molecule has 0 fully saturated rings. The van der Waals surface area contributed by atoms with Gasteiger partial charge >= 0.3 is 5.97 Å². The largest absolute Gasteiger partial charge is 0.426 e. The van der Waals surface area contributed by atoms with E-state index in [1.165, 1.54) is 0 Å². The van der Waals surface area contributed by atoms with Crippen molar-refractivity contribution in [2.45, 2.75) is 39.2 Å². The van der Waals surface area contributed by atoms with Gasteiger partial charge < -0.3 is 9.84 Å². The van der Waals surface area contributed by atoms with Gasteiger partial charge in [-0.05, 0) is 37.0 Å². The van der Waals surface area contributed by atoms with Crippen molar-refractivity contribution in [2.75, 3.05) is 5.88 Å². The molecular formula is C15H21ClO3. The molecule has 0 radical (unpaired) electrons. The predicted octanol–water partition coefficient (Wildman–Crippen LogP) is 3.69. The van der Waals surface area contributed by atoms with Gasteiger partial charge in [0.05, 0.1) is 12.0 Å². The summed E-state index contributed by atoms with van der Waals surface area (Å²) in [5.41, 5.74) is 0.813. The molecule has 1 aromatic rings. The third-order valence-corrected chi connectivity index (χ3v) is 3.38. The number of aliphatic hydroxyl groups excluding tert-OH is 1. The number of hydrogen-bond acceptors (Lipinski definition) is 3. The van der Waals surface area contributed by atoms with Crippen molar-refractivity contribution in [1.82, 2.24) is 0 Å². The van der Waals surface area contributed by atoms with Gasteiger partial charge in [0.15, 0.2) is 0 Å². The number of halogens is 1. The highest BCUT2D eigenvalue weighted by molar-refractivity contribution is 6.17. The minimum absolute atomic E-state index is 0.103. The zero-order chi connectivity index (χ0) is 14.3. The Bertz CT molecular complexity index is 389. The van der Waals surface area contributed by atoms with E-state index in [-0.39, 0.29) is 11.9 Å². The highest BCUT2D eigenvalue weighted by atomic mass is 35.5. The van der Waals surface area contributed by atoms with Gasteiger partial charge in [0.2, 0.25) is 0 Å². The molecule has 2 atom stereocenters. The number of aliphatic hydroxyl groups is 1. The molecule has 4 heteroatoms. The van der Waals surface area contributed by atoms with Crippen molar-refractivity contribution in [3.63, 3.8) is 0 Å². The first-order valence-electron chi connectivity index (χ1n) is 6.64. The van der Waals surface area contributed by atoms with Crippen LogP contribution in [0.1, 0.15) is 44.8 Å². The van der Waals surface area contributed by atoms with Crippen LogP contribution >= 0.6 is 11.6 Å². The molecule has 3 nitrogen and oxygen atoms in total. The van der Waals surface area contributed by atoms with E-state index in [9.17, 15) is 9.90 Å². The third-order valence-electron chi connectivity index (χ3n) is 3.11. The lowest BCUT2D eigenvalue weighted by molar-refractivity contribution is -0.138. The Labute approximate surface area is 119 Å². The number of hydrogen-bond donors (Lipinski definition) is 1. The van der Waals surface area contributed by atoms with Crippen LogP contribution in [-0.4, -0.2) is 17.0 Å². The molecule has 0 aromatic heterocycles. The Morgan fingerprint density at radius 3 is 2.53 bits per heavy atom. The van der Waals surface area contributed by atoms with E-state index >= 15 is 0 Å². The zero-order valence-corrected chi connectivity index (χ0v) is 12.2. The monoisotopic (exact) mass is 284 g/mol. The van der Waals surface area contributed by atoms with Crippen LogP contribution in [0, 0.1) is 5.92 Å². The van der Waals surface area contributed by atoms with Crippen molar-refractivity contribution in [2.24, 2.45) is 5.92 Å². The van der Waals surface area contributed by atoms with Crippen molar-refractivity contribution in [1.29, 1.82) is 0 Å². The predicted molar refractivity (Wildman–Crippen MR) is 76.4 cm³/mol. The molecule has 2 unspecified atom stereocenters. The molecule has 0 aliphatic carbocycles. The van der Waals surface area contributed by atoms with E-state index in [2.05, 4.69) is 0 Å². The minimum atomic E-state index is -0.516. The number of alkyl halides is 1. The molecule has 0 saturated carbocycles. The second-order valence-electron chi connectivity index (χ2n) is 4.65. The lowest BCUT2D eigenvalue weighted by atomic mass is 10.1. The van der Waals surface area contributed by atoms with E-state index in [1.807, 2.05) is 13.8 Å². The van der Waals surface area contributed by atoms with Crippen molar-refractivity contribution in [3.05, 3.63) is 29.8 Å². The van der Waals surface area contributed by atoms with E-state index in [4.69, 9.17) is 16.3 Å². The van der Waals surface area contributed by atoms with Crippen LogP contribution < -0.4 is 4.74 Å². The Morgan fingerprint density at radius 2 is 2.00 bits per heavy atom. The van der Waals surface area contributed by atoms with Crippen LogP contribution in [0.3, 0.4) is 0 Å². The molecular weight excluding hydrogens is 264 g/mol. The Morgan fingerprint density at radius 1 is 1.37 bits per heavy atom. The number of benzene rings is 1. The molecule has 106 valence electrons. The van der Waals surface area contributed by atoms with Crippen LogP contribution in [0.4, 0.5) is 0 Å². The van der Waals surface area contributed by atoms with Crippen LogP contribution in [0.5, 0.6) is 5.75 Å². The molecule has 0 amide bonds. The second-order valence-corrected chi connectivity index (χ2v) is 5.02. The summed E-state index contributed by atoms with van der Waals surface area (Å²) >= 11 is 5.59. The van der Waals surface area contributed by atoms with Crippen molar-refractivity contribution >= 4 is 17.6 Å². The van der Waals surface area contributed by atoms with Gasteiger partial charge in [-0.1, -0.05) is 26.0 Å². The molecule has 0 heterocycles. The van der Waals surface area contributed by atoms with Crippen LogP contribution in [0.15, 0.2) is 24.3 Å². The van der Waals surface area contributed by atoms with E-state index in [1.54, 1.807) is 24.3 Å². The van der Waals surface area contributed by atoms with Crippen LogP contribution in [0.25, 0.3) is 0 Å². The molecule has 0 spiro atoms. The third kappa shape index (κ3) is 5.21. The Hall–Kier alpha value is -1.06. The summed E-state index contributed by atoms with van der Waals surface area (Å²) < 4.78 is 5.24. The maximum Gasteiger partial charge on any atom is 0.314 e. The van der Waals surface area contributed by atoms with E-state index < -0.39 is 6.10 Å². The van der Waals surface area contributed by atoms with E-state index in [0.717, 1.165) is 18.4 Å². The molecule has 19 heavy (non-hydrogen) atoms.